The van der Waals surface area contributed by atoms with Gasteiger partial charge in [-0.15, -0.1) is 24.8 Å². The van der Waals surface area contributed by atoms with Crippen molar-refractivity contribution in [3.8, 4) is 5.88 Å². The Hall–Kier alpha value is -1.22. The van der Waals surface area contributed by atoms with Crippen LogP contribution in [0.3, 0.4) is 0 Å². The van der Waals surface area contributed by atoms with Crippen LogP contribution in [-0.4, -0.2) is 16.5 Å². The lowest BCUT2D eigenvalue weighted by Gasteiger charge is -2.16. The third kappa shape index (κ3) is 4.13. The second-order valence-electron chi connectivity index (χ2n) is 3.29. The van der Waals surface area contributed by atoms with Crippen LogP contribution in [0.2, 0.25) is 0 Å². The van der Waals surface area contributed by atoms with Gasteiger partial charge in [-0.05, 0) is 11.6 Å². The molecule has 1 aromatic heterocycles. The van der Waals surface area contributed by atoms with Gasteiger partial charge >= 0.3 is 12.5 Å². The molecular formula is C9H6ClF6NO2. The van der Waals surface area contributed by atoms with E-state index in [9.17, 15) is 26.3 Å². The quantitative estimate of drug-likeness (QED) is 0.688. The minimum Gasteiger partial charge on any atom is -0.391 e. The van der Waals surface area contributed by atoms with Gasteiger partial charge in [-0.3, -0.25) is 0 Å². The first-order chi connectivity index (χ1) is 8.58. The fourth-order valence-electron chi connectivity index (χ4n) is 1.23. The largest absolute Gasteiger partial charge is 0.574 e. The summed E-state index contributed by atoms with van der Waals surface area (Å²) in [5, 5.41) is 8.89. The summed E-state index contributed by atoms with van der Waals surface area (Å²) < 4.78 is 76.9. The smallest absolute Gasteiger partial charge is 0.391 e. The molecule has 0 radical (unpaired) electrons. The highest BCUT2D eigenvalue weighted by atomic mass is 35.5. The summed E-state index contributed by atoms with van der Waals surface area (Å²) in [5.74, 6) is -1.89. The van der Waals surface area contributed by atoms with E-state index in [1.54, 1.807) is 0 Å². The monoisotopic (exact) mass is 309 g/mol. The molecule has 0 bridgehead atoms. The standard InChI is InChI=1S/C9H6ClF6NO2/c10-2-4-1-6(8(11,12)13)17-7(5(4)3-18)19-9(14,15)16/h1,18H,2-3H2. The molecule has 108 valence electrons. The molecule has 0 saturated carbocycles. The molecule has 1 N–H and O–H groups in total. The number of hydrogen-bond donors (Lipinski definition) is 1. The SMILES string of the molecule is OCc1c(CCl)cc(C(F)(F)F)nc1OC(F)(F)F. The van der Waals surface area contributed by atoms with Crippen LogP contribution < -0.4 is 4.74 Å². The van der Waals surface area contributed by atoms with Crippen LogP contribution in [0.1, 0.15) is 16.8 Å². The van der Waals surface area contributed by atoms with Gasteiger partial charge in [0, 0.05) is 11.4 Å². The lowest BCUT2D eigenvalue weighted by Crippen LogP contribution is -2.21. The van der Waals surface area contributed by atoms with Crippen molar-refractivity contribution in [3.63, 3.8) is 0 Å². The van der Waals surface area contributed by atoms with E-state index in [2.05, 4.69) is 9.72 Å². The minimum absolute atomic E-state index is 0.342. The van der Waals surface area contributed by atoms with Gasteiger partial charge in [-0.2, -0.15) is 13.2 Å². The normalized spacial score (nSPS) is 12.6. The van der Waals surface area contributed by atoms with Crippen LogP contribution in [0.15, 0.2) is 6.07 Å². The second-order valence-corrected chi connectivity index (χ2v) is 3.55. The Morgan fingerprint density at radius 3 is 2.16 bits per heavy atom. The predicted octanol–water partition coefficient (Wildman–Crippen LogP) is 3.23. The van der Waals surface area contributed by atoms with Gasteiger partial charge in [0.25, 0.3) is 0 Å². The molecule has 1 aromatic rings. The van der Waals surface area contributed by atoms with Gasteiger partial charge in [0.1, 0.15) is 5.69 Å². The molecule has 0 aliphatic rings. The Morgan fingerprint density at radius 2 is 1.79 bits per heavy atom. The van der Waals surface area contributed by atoms with Crippen molar-refractivity contribution in [1.82, 2.24) is 4.98 Å². The third-order valence-electron chi connectivity index (χ3n) is 1.98. The van der Waals surface area contributed by atoms with Crippen molar-refractivity contribution in [3.05, 3.63) is 22.9 Å². The van der Waals surface area contributed by atoms with E-state index in [0.717, 1.165) is 0 Å². The molecule has 3 nitrogen and oxygen atoms in total. The van der Waals surface area contributed by atoms with Gasteiger partial charge in [-0.1, -0.05) is 0 Å². The molecule has 0 unspecified atom stereocenters. The molecule has 0 spiro atoms. The number of pyridine rings is 1. The second kappa shape index (κ2) is 5.41. The summed E-state index contributed by atoms with van der Waals surface area (Å²) in [7, 11) is 0. The highest BCUT2D eigenvalue weighted by Crippen LogP contribution is 2.34. The molecule has 10 heteroatoms. The number of aliphatic hydroxyl groups excluding tert-OH is 1. The lowest BCUT2D eigenvalue weighted by atomic mass is 10.1. The minimum atomic E-state index is -5.23. The van der Waals surface area contributed by atoms with Crippen LogP contribution in [0.4, 0.5) is 26.3 Å². The Bertz CT molecular complexity index is 459. The van der Waals surface area contributed by atoms with Gasteiger partial charge in [-0.25, -0.2) is 4.98 Å². The maximum atomic E-state index is 12.4. The summed E-state index contributed by atoms with van der Waals surface area (Å²) in [5.41, 5.74) is -2.47. The number of alkyl halides is 7. The summed E-state index contributed by atoms with van der Waals surface area (Å²) >= 11 is 5.33. The molecule has 0 saturated heterocycles. The van der Waals surface area contributed by atoms with Gasteiger partial charge in [0.15, 0.2) is 0 Å². The molecular weight excluding hydrogens is 304 g/mol. The topological polar surface area (TPSA) is 42.4 Å². The first-order valence-electron chi connectivity index (χ1n) is 4.61. The number of nitrogens with zero attached hydrogens (tertiary/aromatic N) is 1. The van der Waals surface area contributed by atoms with E-state index in [0.29, 0.717) is 6.07 Å². The third-order valence-corrected chi connectivity index (χ3v) is 2.27. The van der Waals surface area contributed by atoms with Gasteiger partial charge in [0.2, 0.25) is 5.88 Å². The van der Waals surface area contributed by atoms with Gasteiger partial charge < -0.3 is 9.84 Å². The van der Waals surface area contributed by atoms with Crippen LogP contribution >= 0.6 is 11.6 Å². The number of hydrogen-bond acceptors (Lipinski definition) is 3. The van der Waals surface area contributed by atoms with Crippen molar-refractivity contribution in [2.75, 3.05) is 0 Å². The molecule has 0 aliphatic heterocycles. The molecule has 19 heavy (non-hydrogen) atoms. The lowest BCUT2D eigenvalue weighted by molar-refractivity contribution is -0.276. The van der Waals surface area contributed by atoms with Crippen molar-refractivity contribution in [1.29, 1.82) is 0 Å². The molecule has 0 atom stereocenters. The zero-order chi connectivity index (χ0) is 14.8. The van der Waals surface area contributed by atoms with Crippen molar-refractivity contribution >= 4 is 11.6 Å². The van der Waals surface area contributed by atoms with Crippen LogP contribution in [0.25, 0.3) is 0 Å². The number of rotatable bonds is 3. The number of aliphatic hydroxyl groups is 1. The van der Waals surface area contributed by atoms with E-state index in [4.69, 9.17) is 16.7 Å². The van der Waals surface area contributed by atoms with E-state index >= 15 is 0 Å². The van der Waals surface area contributed by atoms with Crippen LogP contribution in [-0.2, 0) is 18.7 Å². The average Bonchev–Trinajstić information content (AvgIpc) is 2.24. The molecule has 0 amide bonds. The van der Waals surface area contributed by atoms with E-state index in [-0.39, 0.29) is 5.56 Å². The predicted molar refractivity (Wildman–Crippen MR) is 51.4 cm³/mol. The first-order valence-corrected chi connectivity index (χ1v) is 5.14. The Kier molecular flexibility index (Phi) is 4.51. The van der Waals surface area contributed by atoms with Crippen LogP contribution in [0, 0.1) is 0 Å². The zero-order valence-corrected chi connectivity index (χ0v) is 9.70. The zero-order valence-electron chi connectivity index (χ0n) is 8.94. The van der Waals surface area contributed by atoms with Crippen LogP contribution in [0.5, 0.6) is 5.88 Å². The highest BCUT2D eigenvalue weighted by Gasteiger charge is 2.37. The Morgan fingerprint density at radius 1 is 1.21 bits per heavy atom. The van der Waals surface area contributed by atoms with Gasteiger partial charge in [0.05, 0.1) is 6.61 Å². The fraction of sp³-hybridized carbons (Fsp3) is 0.444. The average molecular weight is 310 g/mol. The summed E-state index contributed by atoms with van der Waals surface area (Å²) in [6, 6.07) is 0.460. The summed E-state index contributed by atoms with van der Waals surface area (Å²) in [4.78, 5) is 2.72. The maximum absolute atomic E-state index is 12.4. The maximum Gasteiger partial charge on any atom is 0.574 e. The summed E-state index contributed by atoms with van der Waals surface area (Å²) in [6.07, 6.45) is -10.2. The first kappa shape index (κ1) is 15.8. The van der Waals surface area contributed by atoms with Crippen molar-refractivity contribution in [2.24, 2.45) is 0 Å². The Balaban J connectivity index is 3.40. The molecule has 0 aromatic carbocycles. The number of ether oxygens (including phenoxy) is 1. The molecule has 0 aliphatic carbocycles. The van der Waals surface area contributed by atoms with E-state index < -0.39 is 42.2 Å². The molecule has 1 rings (SSSR count). The fourth-order valence-corrected chi connectivity index (χ4v) is 1.46. The molecule has 1 heterocycles. The number of halogens is 7. The van der Waals surface area contributed by atoms with E-state index in [1.165, 1.54) is 0 Å². The van der Waals surface area contributed by atoms with Crippen molar-refractivity contribution < 1.29 is 36.2 Å². The highest BCUT2D eigenvalue weighted by molar-refractivity contribution is 6.17. The van der Waals surface area contributed by atoms with Crippen molar-refractivity contribution in [2.45, 2.75) is 25.0 Å². The number of aromatic nitrogens is 1. The van der Waals surface area contributed by atoms with E-state index in [1.807, 2.05) is 0 Å². The Labute approximate surface area is 107 Å². The molecule has 0 fully saturated rings. The summed E-state index contributed by atoms with van der Waals surface area (Å²) in [6.45, 7) is -0.987.